The van der Waals surface area contributed by atoms with Gasteiger partial charge in [0.1, 0.15) is 17.2 Å². The standard InChI is InChI=1S/C12H9BrN4O2S/c1-6-8(13)2-3-9-15-11(12(14)16(6)9)7-4-10(17(18)19)20-5-7/h2-5H,14H2,1H3. The summed E-state index contributed by atoms with van der Waals surface area (Å²) in [5.41, 5.74) is 9.02. The molecule has 3 heterocycles. The van der Waals surface area contributed by atoms with E-state index in [1.54, 1.807) is 5.38 Å². The quantitative estimate of drug-likeness (QED) is 0.563. The van der Waals surface area contributed by atoms with Crippen molar-refractivity contribution < 1.29 is 4.92 Å². The number of nitrogen functional groups attached to an aromatic ring is 1. The minimum atomic E-state index is -0.415. The zero-order valence-corrected chi connectivity index (χ0v) is 12.7. The van der Waals surface area contributed by atoms with E-state index < -0.39 is 4.92 Å². The molecule has 0 aliphatic carbocycles. The van der Waals surface area contributed by atoms with Crippen LogP contribution >= 0.6 is 27.3 Å². The van der Waals surface area contributed by atoms with Crippen LogP contribution in [0.3, 0.4) is 0 Å². The van der Waals surface area contributed by atoms with E-state index in [-0.39, 0.29) is 5.00 Å². The van der Waals surface area contributed by atoms with Crippen LogP contribution < -0.4 is 5.73 Å². The lowest BCUT2D eigenvalue weighted by Gasteiger charge is -2.03. The molecule has 3 aromatic rings. The number of fused-ring (bicyclic) bond motifs is 1. The van der Waals surface area contributed by atoms with Crippen molar-refractivity contribution in [3.05, 3.63) is 43.9 Å². The molecule has 0 aromatic carbocycles. The van der Waals surface area contributed by atoms with E-state index in [4.69, 9.17) is 5.73 Å². The number of hydrogen-bond acceptors (Lipinski definition) is 5. The Bertz CT molecular complexity index is 839. The molecule has 3 aromatic heterocycles. The third-order valence-electron chi connectivity index (χ3n) is 3.04. The van der Waals surface area contributed by atoms with Gasteiger partial charge in [-0.1, -0.05) is 11.3 Å². The molecule has 0 aliphatic heterocycles. The second-order valence-corrected chi connectivity index (χ2v) is 5.98. The van der Waals surface area contributed by atoms with Crippen LogP contribution in [0.2, 0.25) is 0 Å². The average Bonchev–Trinajstić information content (AvgIpc) is 2.99. The molecule has 0 bridgehead atoms. The number of nitrogens with two attached hydrogens (primary N) is 1. The third-order valence-corrected chi connectivity index (χ3v) is 4.76. The number of hydrogen-bond donors (Lipinski definition) is 1. The minimum absolute atomic E-state index is 0.0781. The Labute approximate surface area is 126 Å². The van der Waals surface area contributed by atoms with Crippen LogP contribution in [-0.4, -0.2) is 14.3 Å². The van der Waals surface area contributed by atoms with Crippen molar-refractivity contribution in [1.82, 2.24) is 9.38 Å². The van der Waals surface area contributed by atoms with Crippen molar-refractivity contribution in [3.8, 4) is 11.3 Å². The van der Waals surface area contributed by atoms with Gasteiger partial charge in [-0.05, 0) is 35.0 Å². The predicted octanol–water partition coefficient (Wildman–Crippen LogP) is 3.62. The number of thiophene rings is 1. The maximum absolute atomic E-state index is 10.8. The van der Waals surface area contributed by atoms with Gasteiger partial charge in [0.25, 0.3) is 0 Å². The zero-order chi connectivity index (χ0) is 14.4. The lowest BCUT2D eigenvalue weighted by molar-refractivity contribution is -0.380. The first-order valence-electron chi connectivity index (χ1n) is 5.65. The van der Waals surface area contributed by atoms with Gasteiger partial charge < -0.3 is 5.73 Å². The Morgan fingerprint density at radius 1 is 1.50 bits per heavy atom. The molecule has 0 spiro atoms. The van der Waals surface area contributed by atoms with Gasteiger partial charge >= 0.3 is 5.00 Å². The van der Waals surface area contributed by atoms with Crippen LogP contribution in [0.25, 0.3) is 16.9 Å². The third kappa shape index (κ3) is 1.88. The van der Waals surface area contributed by atoms with Crippen molar-refractivity contribution in [2.75, 3.05) is 5.73 Å². The van der Waals surface area contributed by atoms with Gasteiger partial charge in [0, 0.05) is 27.2 Å². The number of nitro groups is 1. The largest absolute Gasteiger partial charge is 0.383 e. The van der Waals surface area contributed by atoms with Crippen LogP contribution in [0.15, 0.2) is 28.1 Å². The van der Waals surface area contributed by atoms with Gasteiger partial charge in [-0.3, -0.25) is 14.5 Å². The molecule has 0 aliphatic rings. The molecule has 3 rings (SSSR count). The fourth-order valence-electron chi connectivity index (χ4n) is 2.05. The van der Waals surface area contributed by atoms with Gasteiger partial charge in [0.2, 0.25) is 0 Å². The van der Waals surface area contributed by atoms with E-state index in [1.807, 2.05) is 23.5 Å². The van der Waals surface area contributed by atoms with Crippen molar-refractivity contribution in [1.29, 1.82) is 0 Å². The summed E-state index contributed by atoms with van der Waals surface area (Å²) in [6.45, 7) is 1.93. The molecule has 0 radical (unpaired) electrons. The molecule has 0 unspecified atom stereocenters. The topological polar surface area (TPSA) is 86.5 Å². The van der Waals surface area contributed by atoms with Crippen molar-refractivity contribution in [3.63, 3.8) is 0 Å². The van der Waals surface area contributed by atoms with Gasteiger partial charge in [0.05, 0.1) is 4.92 Å². The fraction of sp³-hybridized carbons (Fsp3) is 0.0833. The van der Waals surface area contributed by atoms with Gasteiger partial charge in [0.15, 0.2) is 0 Å². The Hall–Kier alpha value is -1.93. The number of aromatic nitrogens is 2. The molecule has 102 valence electrons. The molecule has 0 atom stereocenters. The fourth-order valence-corrected chi connectivity index (χ4v) is 3.07. The number of imidazole rings is 1. The predicted molar refractivity (Wildman–Crippen MR) is 82.0 cm³/mol. The van der Waals surface area contributed by atoms with Gasteiger partial charge in [-0.15, -0.1) is 0 Å². The zero-order valence-electron chi connectivity index (χ0n) is 10.3. The molecule has 8 heteroatoms. The van der Waals surface area contributed by atoms with Crippen LogP contribution in [0.1, 0.15) is 5.69 Å². The number of aryl methyl sites for hydroxylation is 1. The molecule has 2 N–H and O–H groups in total. The van der Waals surface area contributed by atoms with Gasteiger partial charge in [-0.2, -0.15) is 0 Å². The Balaban J connectivity index is 2.24. The smallest absolute Gasteiger partial charge is 0.324 e. The summed E-state index contributed by atoms with van der Waals surface area (Å²) in [4.78, 5) is 14.8. The lowest BCUT2D eigenvalue weighted by atomic mass is 10.2. The van der Waals surface area contributed by atoms with Crippen LogP contribution in [0, 0.1) is 17.0 Å². The van der Waals surface area contributed by atoms with E-state index in [1.165, 1.54) is 6.07 Å². The minimum Gasteiger partial charge on any atom is -0.383 e. The second-order valence-electron chi connectivity index (χ2n) is 4.24. The molecular weight excluding hydrogens is 344 g/mol. The first-order chi connectivity index (χ1) is 9.49. The second kappa shape index (κ2) is 4.57. The summed E-state index contributed by atoms with van der Waals surface area (Å²) in [5.74, 6) is 0.478. The molecule has 6 nitrogen and oxygen atoms in total. The normalized spacial score (nSPS) is 11.1. The molecule has 0 saturated heterocycles. The highest BCUT2D eigenvalue weighted by Gasteiger charge is 2.18. The maximum Gasteiger partial charge on any atom is 0.324 e. The summed E-state index contributed by atoms with van der Waals surface area (Å²) in [5, 5.41) is 12.5. The van der Waals surface area contributed by atoms with E-state index in [0.717, 1.165) is 21.5 Å². The Morgan fingerprint density at radius 3 is 2.90 bits per heavy atom. The number of rotatable bonds is 2. The van der Waals surface area contributed by atoms with E-state index in [2.05, 4.69) is 20.9 Å². The molecule has 0 fully saturated rings. The van der Waals surface area contributed by atoms with Crippen molar-refractivity contribution in [2.24, 2.45) is 0 Å². The van der Waals surface area contributed by atoms with E-state index in [9.17, 15) is 10.1 Å². The maximum atomic E-state index is 10.8. The highest BCUT2D eigenvalue weighted by Crippen LogP contribution is 2.34. The monoisotopic (exact) mass is 352 g/mol. The van der Waals surface area contributed by atoms with Crippen LogP contribution in [0.5, 0.6) is 0 Å². The van der Waals surface area contributed by atoms with Crippen LogP contribution in [0.4, 0.5) is 10.8 Å². The first-order valence-corrected chi connectivity index (χ1v) is 7.32. The summed E-state index contributed by atoms with van der Waals surface area (Å²) in [6.07, 6.45) is 0. The highest BCUT2D eigenvalue weighted by atomic mass is 79.9. The number of pyridine rings is 1. The summed E-state index contributed by atoms with van der Waals surface area (Å²) < 4.78 is 2.75. The van der Waals surface area contributed by atoms with E-state index >= 15 is 0 Å². The first kappa shape index (κ1) is 13.1. The summed E-state index contributed by atoms with van der Waals surface area (Å²) in [6, 6.07) is 5.24. The van der Waals surface area contributed by atoms with Crippen molar-refractivity contribution >= 4 is 43.7 Å². The Morgan fingerprint density at radius 2 is 2.25 bits per heavy atom. The SMILES string of the molecule is Cc1c(Br)ccc2nc(-c3csc([N+](=O)[O-])c3)c(N)n12. The average molecular weight is 353 g/mol. The molecular formula is C12H9BrN4O2S. The summed E-state index contributed by atoms with van der Waals surface area (Å²) >= 11 is 4.51. The lowest BCUT2D eigenvalue weighted by Crippen LogP contribution is -1.98. The highest BCUT2D eigenvalue weighted by molar-refractivity contribution is 9.10. The molecule has 0 saturated carbocycles. The van der Waals surface area contributed by atoms with E-state index in [0.29, 0.717) is 22.7 Å². The molecule has 20 heavy (non-hydrogen) atoms. The number of anilines is 1. The van der Waals surface area contributed by atoms with Crippen molar-refractivity contribution in [2.45, 2.75) is 6.92 Å². The Kier molecular flexibility index (Phi) is 2.98. The number of nitrogens with zero attached hydrogens (tertiary/aromatic N) is 3. The molecule has 0 amide bonds. The number of halogens is 1. The van der Waals surface area contributed by atoms with Crippen LogP contribution in [-0.2, 0) is 0 Å². The van der Waals surface area contributed by atoms with Gasteiger partial charge in [-0.25, -0.2) is 4.98 Å². The summed E-state index contributed by atoms with van der Waals surface area (Å²) in [7, 11) is 0.